The maximum absolute atomic E-state index is 2.57. The highest BCUT2D eigenvalue weighted by Gasteiger charge is 2.35. The lowest BCUT2D eigenvalue weighted by Gasteiger charge is -2.43. The van der Waals surface area contributed by atoms with Gasteiger partial charge in [-0.3, -0.25) is 0 Å². The molecule has 0 saturated carbocycles. The van der Waals surface area contributed by atoms with Crippen LogP contribution in [0.15, 0.2) is 0 Å². The van der Waals surface area contributed by atoms with Crippen molar-refractivity contribution in [3.05, 3.63) is 0 Å². The van der Waals surface area contributed by atoms with E-state index in [1.807, 2.05) is 0 Å². The fourth-order valence-corrected chi connectivity index (χ4v) is 10.3. The van der Waals surface area contributed by atoms with Crippen LogP contribution in [0.4, 0.5) is 0 Å². The van der Waals surface area contributed by atoms with Gasteiger partial charge in [0.25, 0.3) is 0 Å². The molecule has 0 radical (unpaired) electrons. The molecular formula is C11H27BP2. The Morgan fingerprint density at radius 3 is 1.21 bits per heavy atom. The van der Waals surface area contributed by atoms with Crippen molar-refractivity contribution in [3.8, 4) is 0 Å². The third-order valence-corrected chi connectivity index (χ3v) is 11.7. The van der Waals surface area contributed by atoms with Crippen LogP contribution in [0.2, 0.25) is 0 Å². The van der Waals surface area contributed by atoms with Crippen molar-refractivity contribution in [2.75, 3.05) is 24.6 Å². The lowest BCUT2D eigenvalue weighted by Crippen LogP contribution is -2.27. The summed E-state index contributed by atoms with van der Waals surface area (Å²) < 4.78 is 0. The van der Waals surface area contributed by atoms with Gasteiger partial charge < -0.3 is 0 Å². The van der Waals surface area contributed by atoms with Crippen LogP contribution in [-0.4, -0.2) is 37.3 Å². The molecule has 0 bridgehead atoms. The minimum Gasteiger partial charge on any atom is -0.105 e. The molecule has 0 rings (SSSR count). The first-order valence-corrected chi connectivity index (χ1v) is 9.53. The summed E-state index contributed by atoms with van der Waals surface area (Å²) in [6, 6.07) is 0. The first-order chi connectivity index (χ1) is 6.60. The first kappa shape index (κ1) is 14.9. The molecule has 0 aliphatic heterocycles. The molecule has 14 heavy (non-hydrogen) atoms. The molecule has 0 N–H and O–H groups in total. The lowest BCUT2D eigenvalue weighted by molar-refractivity contribution is 0.951. The minimum atomic E-state index is 0.276. The second kappa shape index (κ2) is 7.24. The molecule has 0 nitrogen and oxygen atoms in total. The second-order valence-electron chi connectivity index (χ2n) is 3.92. The van der Waals surface area contributed by atoms with E-state index in [2.05, 4.69) is 42.5 Å². The Morgan fingerprint density at radius 1 is 0.786 bits per heavy atom. The Hall–Kier alpha value is 0.925. The molecule has 0 unspecified atom stereocenters. The molecule has 0 aromatic carbocycles. The summed E-state index contributed by atoms with van der Waals surface area (Å²) in [7, 11) is 3.13. The summed E-state index contributed by atoms with van der Waals surface area (Å²) in [5.41, 5.74) is 0. The van der Waals surface area contributed by atoms with Gasteiger partial charge in [0.2, 0.25) is 0 Å². The molecule has 0 atom stereocenters. The van der Waals surface area contributed by atoms with Gasteiger partial charge >= 0.3 is 0 Å². The Kier molecular flexibility index (Phi) is 7.72. The van der Waals surface area contributed by atoms with Crippen LogP contribution < -0.4 is 0 Å². The predicted octanol–water partition coefficient (Wildman–Crippen LogP) is 3.73. The van der Waals surface area contributed by atoms with Gasteiger partial charge in [0.15, 0.2) is 0 Å². The fraction of sp³-hybridized carbons (Fsp3) is 1.00. The fourth-order valence-electron chi connectivity index (χ4n) is 2.46. The highest BCUT2D eigenvalue weighted by molar-refractivity contribution is 7.79. The van der Waals surface area contributed by atoms with Gasteiger partial charge in [0.1, 0.15) is 7.85 Å². The van der Waals surface area contributed by atoms with Gasteiger partial charge in [0, 0.05) is 0 Å². The molecule has 0 saturated heterocycles. The van der Waals surface area contributed by atoms with E-state index >= 15 is 0 Å². The molecule has 0 spiro atoms. The van der Waals surface area contributed by atoms with Crippen molar-refractivity contribution in [2.24, 2.45) is 0 Å². The summed E-state index contributed by atoms with van der Waals surface area (Å²) in [5, 5.41) is 0. The Balaban J connectivity index is 4.72. The van der Waals surface area contributed by atoms with E-state index in [9.17, 15) is 0 Å². The summed E-state index contributed by atoms with van der Waals surface area (Å²) in [6.45, 7) is 12.0. The molecule has 0 amide bonds. The van der Waals surface area contributed by atoms with E-state index in [0.717, 1.165) is 0 Å². The molecule has 0 fully saturated rings. The zero-order chi connectivity index (χ0) is 11.2. The molecular weight excluding hydrogens is 205 g/mol. The molecule has 84 valence electrons. The standard InChI is InChI=1S/C11H27BP2/c1-6-11(12,13(7-2)8-3)14(9-4)10-5/h6-10,12H2,1-5H3. The SMILES string of the molecule is BC(CC)(P(CC)CC)P(CC)CC. The van der Waals surface area contributed by atoms with Crippen LogP contribution in [-0.2, 0) is 0 Å². The van der Waals surface area contributed by atoms with E-state index in [-0.39, 0.29) is 15.8 Å². The average Bonchev–Trinajstić information content (AvgIpc) is 2.21. The summed E-state index contributed by atoms with van der Waals surface area (Å²) >= 11 is 0. The van der Waals surface area contributed by atoms with Crippen LogP contribution in [0.5, 0.6) is 0 Å². The average molecular weight is 232 g/mol. The van der Waals surface area contributed by atoms with Crippen molar-refractivity contribution in [3.63, 3.8) is 0 Å². The van der Waals surface area contributed by atoms with E-state index in [4.69, 9.17) is 0 Å². The maximum Gasteiger partial charge on any atom is 0.120 e. The van der Waals surface area contributed by atoms with Gasteiger partial charge in [-0.25, -0.2) is 0 Å². The zero-order valence-electron chi connectivity index (χ0n) is 10.9. The highest BCUT2D eigenvalue weighted by Crippen LogP contribution is 2.66. The largest absolute Gasteiger partial charge is 0.120 e. The monoisotopic (exact) mass is 232 g/mol. The number of hydrogen-bond donors (Lipinski definition) is 0. The van der Waals surface area contributed by atoms with Gasteiger partial charge in [0.05, 0.1) is 0 Å². The first-order valence-electron chi connectivity index (χ1n) is 6.10. The zero-order valence-corrected chi connectivity index (χ0v) is 12.7. The van der Waals surface area contributed by atoms with Gasteiger partial charge in [-0.15, -0.1) is 15.8 Å². The van der Waals surface area contributed by atoms with Crippen LogP contribution in [0.25, 0.3) is 0 Å². The molecule has 0 aliphatic rings. The lowest BCUT2D eigenvalue weighted by atomic mass is 10.0. The minimum absolute atomic E-state index is 0.276. The summed E-state index contributed by atoms with van der Waals surface area (Å²) in [4.78, 5) is 0.706. The van der Waals surface area contributed by atoms with Crippen molar-refractivity contribution < 1.29 is 0 Å². The van der Waals surface area contributed by atoms with E-state index < -0.39 is 0 Å². The number of hydrogen-bond acceptors (Lipinski definition) is 0. The van der Waals surface area contributed by atoms with Crippen LogP contribution in [0, 0.1) is 0 Å². The number of rotatable bonds is 7. The Labute approximate surface area is 94.5 Å². The van der Waals surface area contributed by atoms with Crippen molar-refractivity contribution in [1.29, 1.82) is 0 Å². The Bertz CT molecular complexity index is 130. The summed E-state index contributed by atoms with van der Waals surface area (Å²) in [6.07, 6.45) is 7.10. The third kappa shape index (κ3) is 3.21. The van der Waals surface area contributed by atoms with E-state index in [1.54, 1.807) is 0 Å². The van der Waals surface area contributed by atoms with Crippen LogP contribution in [0.1, 0.15) is 41.0 Å². The highest BCUT2D eigenvalue weighted by atomic mass is 31.2. The van der Waals surface area contributed by atoms with Gasteiger partial charge in [-0.05, 0) is 29.4 Å². The smallest absolute Gasteiger partial charge is 0.105 e. The van der Waals surface area contributed by atoms with Crippen LogP contribution >= 0.6 is 15.8 Å². The molecule has 0 aromatic heterocycles. The normalized spacial score (nSPS) is 12.8. The molecule has 0 heterocycles. The van der Waals surface area contributed by atoms with Crippen molar-refractivity contribution in [1.82, 2.24) is 0 Å². The second-order valence-corrected chi connectivity index (χ2v) is 10.9. The molecule has 0 aliphatic carbocycles. The maximum atomic E-state index is 2.57. The summed E-state index contributed by atoms with van der Waals surface area (Å²) in [5.74, 6) is 0. The van der Waals surface area contributed by atoms with E-state index in [0.29, 0.717) is 4.80 Å². The van der Waals surface area contributed by atoms with Crippen molar-refractivity contribution in [2.45, 2.75) is 45.8 Å². The third-order valence-electron chi connectivity index (χ3n) is 3.56. The Morgan fingerprint density at radius 2 is 1.07 bits per heavy atom. The van der Waals surface area contributed by atoms with Crippen LogP contribution in [0.3, 0.4) is 0 Å². The van der Waals surface area contributed by atoms with Crippen molar-refractivity contribution >= 4 is 23.7 Å². The quantitative estimate of drug-likeness (QED) is 0.463. The topological polar surface area (TPSA) is 0 Å². The van der Waals surface area contributed by atoms with Gasteiger partial charge in [-0.1, -0.05) is 41.0 Å². The molecule has 3 heteroatoms. The predicted molar refractivity (Wildman–Crippen MR) is 77.6 cm³/mol. The van der Waals surface area contributed by atoms with Gasteiger partial charge in [-0.2, -0.15) is 0 Å². The van der Waals surface area contributed by atoms with E-state index in [1.165, 1.54) is 31.1 Å². The molecule has 0 aromatic rings.